The van der Waals surface area contributed by atoms with Gasteiger partial charge in [0, 0.05) is 52.4 Å². The molecular weight excluding hydrogens is 1170 g/mol. The van der Waals surface area contributed by atoms with E-state index in [0.717, 1.165) is 105 Å². The van der Waals surface area contributed by atoms with Gasteiger partial charge in [0.25, 0.3) is 11.1 Å². The summed E-state index contributed by atoms with van der Waals surface area (Å²) in [5.74, 6) is -0.572. The Balaban J connectivity index is 0.000000778. The Morgan fingerprint density at radius 1 is 0.409 bits per heavy atom. The first-order valence-corrected chi connectivity index (χ1v) is 32.9. The highest BCUT2D eigenvalue weighted by atomic mass is 16.5. The third kappa shape index (κ3) is 28.8. The number of rotatable bonds is 32. The number of nitrogens with two attached hydrogens (primary N) is 2. The zero-order valence-corrected chi connectivity index (χ0v) is 59.9. The monoisotopic (exact) mass is 1280 g/mol. The lowest BCUT2D eigenvalue weighted by molar-refractivity contribution is -0.121. The Morgan fingerprint density at radius 3 is 0.925 bits per heavy atom. The van der Waals surface area contributed by atoms with E-state index in [1.165, 1.54) is 125 Å². The zero-order chi connectivity index (χ0) is 69.7. The molecule has 0 radical (unpaired) electrons. The van der Waals surface area contributed by atoms with Crippen LogP contribution in [0.1, 0.15) is 205 Å². The second kappa shape index (κ2) is 43.8. The summed E-state index contributed by atoms with van der Waals surface area (Å²) >= 11 is 0. The van der Waals surface area contributed by atoms with Gasteiger partial charge in [0.1, 0.15) is 11.0 Å². The average Bonchev–Trinajstić information content (AvgIpc) is 1.80. The largest absolute Gasteiger partial charge is 0.489 e. The topological polar surface area (TPSA) is 250 Å². The fourth-order valence-corrected chi connectivity index (χ4v) is 10.1. The van der Waals surface area contributed by atoms with E-state index in [4.69, 9.17) is 20.9 Å². The highest BCUT2D eigenvalue weighted by molar-refractivity contribution is 6.23. The van der Waals surface area contributed by atoms with Crippen molar-refractivity contribution in [2.24, 2.45) is 39.7 Å². The van der Waals surface area contributed by atoms with Gasteiger partial charge in [-0.05, 0) is 205 Å². The quantitative estimate of drug-likeness (QED) is 0.0263. The number of aromatic amines is 2. The first-order valence-electron chi connectivity index (χ1n) is 32.9. The molecule has 93 heavy (non-hydrogen) atoms. The van der Waals surface area contributed by atoms with Crippen LogP contribution in [0.25, 0.3) is 22.3 Å². The number of aromatic nitrogens is 8. The average molecular weight is 1280 g/mol. The van der Waals surface area contributed by atoms with Gasteiger partial charge in [0.2, 0.25) is 23.1 Å². The number of imidazole rings is 2. The number of H-pyrrole nitrogens is 2. The molecule has 512 valence electrons. The van der Waals surface area contributed by atoms with E-state index < -0.39 is 0 Å². The summed E-state index contributed by atoms with van der Waals surface area (Å²) in [7, 11) is 8.80. The van der Waals surface area contributed by atoms with Crippen molar-refractivity contribution >= 4 is 33.9 Å². The van der Waals surface area contributed by atoms with Gasteiger partial charge in [-0.2, -0.15) is 0 Å². The Bertz CT molecular complexity index is 3640. The van der Waals surface area contributed by atoms with Crippen LogP contribution in [0.3, 0.4) is 0 Å². The third-order valence-corrected chi connectivity index (χ3v) is 16.3. The molecule has 0 aliphatic heterocycles. The number of methoxy groups -OCH3 is 2. The number of ether oxygens (including phenoxy) is 2. The molecule has 0 saturated carbocycles. The van der Waals surface area contributed by atoms with Crippen LogP contribution in [0.2, 0.25) is 0 Å². The Labute approximate surface area is 554 Å². The molecule has 4 aromatic heterocycles. The number of hydrogen-bond donors (Lipinski definition) is 4. The normalized spacial score (nSPS) is 14.1. The molecule has 0 aromatic carbocycles. The van der Waals surface area contributed by atoms with Gasteiger partial charge in [0.05, 0.1) is 26.9 Å². The molecule has 0 spiro atoms. The number of ketones is 2. The molecule has 0 amide bonds. The lowest BCUT2D eigenvalue weighted by atomic mass is 9.90. The van der Waals surface area contributed by atoms with Crippen molar-refractivity contribution < 1.29 is 19.1 Å². The number of hydrogen-bond acceptors (Lipinski definition) is 12. The van der Waals surface area contributed by atoms with Crippen LogP contribution in [0, 0.1) is 0 Å². The smallest absolute Gasteiger partial charge is 0.332 e. The minimum Gasteiger partial charge on any atom is -0.489 e. The van der Waals surface area contributed by atoms with Gasteiger partial charge in [-0.15, -0.1) is 0 Å². The molecule has 0 atom stereocenters. The number of allylic oxidation sites excluding steroid dienone is 22. The summed E-state index contributed by atoms with van der Waals surface area (Å²) in [6.45, 7) is 27.5. The van der Waals surface area contributed by atoms with E-state index in [2.05, 4.69) is 157 Å². The lowest BCUT2D eigenvalue weighted by Crippen LogP contribution is -2.36. The van der Waals surface area contributed by atoms with Crippen molar-refractivity contribution in [1.82, 2.24) is 38.2 Å². The minimum atomic E-state index is -0.371. The summed E-state index contributed by atoms with van der Waals surface area (Å²) in [6.07, 6.45) is 47.1. The van der Waals surface area contributed by atoms with E-state index in [-0.39, 0.29) is 45.6 Å². The minimum absolute atomic E-state index is 0.00667. The van der Waals surface area contributed by atoms with Gasteiger partial charge < -0.3 is 30.9 Å². The highest BCUT2D eigenvalue weighted by Crippen LogP contribution is 2.29. The van der Waals surface area contributed by atoms with Gasteiger partial charge in [0.15, 0.2) is 11.3 Å². The first kappa shape index (κ1) is 81.1. The molecular formula is C75H114N10O8. The summed E-state index contributed by atoms with van der Waals surface area (Å²) in [4.78, 5) is 84.3. The number of nitrogens with one attached hydrogen (secondary N) is 2. The molecule has 4 heterocycles. The van der Waals surface area contributed by atoms with E-state index in [1.54, 1.807) is 21.0 Å². The van der Waals surface area contributed by atoms with E-state index >= 15 is 0 Å². The fourth-order valence-electron chi connectivity index (χ4n) is 10.1. The number of carbonyl (C=O) groups is 2. The second-order valence-corrected chi connectivity index (χ2v) is 24.8. The Hall–Kier alpha value is -7.96. The van der Waals surface area contributed by atoms with Crippen LogP contribution < -0.4 is 34.0 Å². The summed E-state index contributed by atoms with van der Waals surface area (Å²) in [5.41, 5.74) is 25.3. The van der Waals surface area contributed by atoms with Crippen molar-refractivity contribution in [2.75, 3.05) is 27.3 Å². The first-order chi connectivity index (χ1) is 44.1. The molecule has 0 unspecified atom stereocenters. The number of aryl methyl sites for hydroxylation is 2. The Kier molecular flexibility index (Phi) is 38.2. The predicted molar refractivity (Wildman–Crippen MR) is 386 cm³/mol. The van der Waals surface area contributed by atoms with Crippen LogP contribution in [0.5, 0.6) is 0 Å². The van der Waals surface area contributed by atoms with Crippen molar-refractivity contribution in [2.45, 2.75) is 205 Å². The highest BCUT2D eigenvalue weighted by Gasteiger charge is 2.34. The Morgan fingerprint density at radius 2 is 0.667 bits per heavy atom. The van der Waals surface area contributed by atoms with Crippen molar-refractivity contribution in [1.29, 1.82) is 0 Å². The molecule has 0 bridgehead atoms. The number of nitrogens with zero attached hydrogens (tertiary/aromatic N) is 6. The maximum Gasteiger partial charge on any atom is 0.332 e. The van der Waals surface area contributed by atoms with Crippen LogP contribution in [-0.4, -0.2) is 77.1 Å². The lowest BCUT2D eigenvalue weighted by Gasteiger charge is -2.19. The van der Waals surface area contributed by atoms with Crippen molar-refractivity contribution in [3.63, 3.8) is 0 Å². The number of fused-ring (bicyclic) bond motifs is 2. The molecule has 1 aliphatic carbocycles. The maximum atomic E-state index is 12.9. The molecule has 5 rings (SSSR count). The summed E-state index contributed by atoms with van der Waals surface area (Å²) in [6, 6.07) is 0. The van der Waals surface area contributed by atoms with Gasteiger partial charge in [-0.25, -0.2) is 19.6 Å². The fraction of sp³-hybridized carbons (Fsp3) is 0.520. The molecule has 18 heteroatoms. The molecule has 0 fully saturated rings. The third-order valence-electron chi connectivity index (χ3n) is 16.3. The molecule has 6 N–H and O–H groups in total. The van der Waals surface area contributed by atoms with Crippen LogP contribution in [-0.2, 0) is 47.3 Å². The van der Waals surface area contributed by atoms with E-state index in [0.29, 0.717) is 53.0 Å². The zero-order valence-electron chi connectivity index (χ0n) is 59.9. The predicted octanol–water partition coefficient (Wildman–Crippen LogP) is 14.7. The van der Waals surface area contributed by atoms with Gasteiger partial charge in [-0.3, -0.25) is 37.4 Å². The molecule has 1 aliphatic rings. The van der Waals surface area contributed by atoms with Gasteiger partial charge >= 0.3 is 11.4 Å². The molecule has 18 nitrogen and oxygen atoms in total. The van der Waals surface area contributed by atoms with Gasteiger partial charge in [-0.1, -0.05) is 116 Å². The van der Waals surface area contributed by atoms with Crippen LogP contribution >= 0.6 is 0 Å². The van der Waals surface area contributed by atoms with Crippen molar-refractivity contribution in [3.05, 3.63) is 193 Å². The second-order valence-electron chi connectivity index (χ2n) is 24.8. The van der Waals surface area contributed by atoms with E-state index in [1.807, 2.05) is 0 Å². The van der Waals surface area contributed by atoms with Crippen molar-refractivity contribution in [3.8, 4) is 0 Å². The maximum absolute atomic E-state index is 12.9. The summed E-state index contributed by atoms with van der Waals surface area (Å²) in [5, 5.41) is 0. The van der Waals surface area contributed by atoms with E-state index in [9.17, 15) is 28.8 Å². The number of Topliss-reactive ketones (excluding diaryl/α,β-unsaturated/α-hetero) is 2. The van der Waals surface area contributed by atoms with Crippen LogP contribution in [0.15, 0.2) is 171 Å². The molecule has 0 saturated heterocycles. The standard InChI is InChI=1S/C59H90O4.2C7H8N4O2.C2H8N2/c1-44(2)24-15-25-45(3)26-16-27-46(4)28-17-29-47(5)30-18-31-48(6)32-19-33-49(7)34-20-35-50(8)36-21-37-51(9)38-22-39-52(10)40-23-41-53(11)42-43-55-54(12)56(60)58(62-13)59(63-14)57(55)61;2*1-10-5-4(8-3-9-5)6(12)11(2)7(10)13;3-1-2-4/h24,26,28,30,32,34,36,38,40,42H,15-23,25,27,29,31,33,35,37,39,41,43H2,1-14H3;2*3H,1-2H3,(H,8,9);1-4H2/b45-26+,46-28+,47-30+,48-32+,49-34+,50-36+,51-38+,52-40+,53-42+;;;. The number of carbonyl (C=O) groups excluding carboxylic acids is 2. The van der Waals surface area contributed by atoms with Crippen LogP contribution in [0.4, 0.5) is 0 Å². The SMILES string of the molecule is COC1=C(OC)C(=O)C(C/C=C(\C)CC/C=C(\C)CC/C=C(\C)CC/C=C(\C)CC/C=C(\C)CC/C=C(\C)CC/C=C(\C)CC/C=C(\C)CC/C=C(\C)CCC=C(C)C)=C(C)C1=O.Cn1c(=O)c2[nH]cnc2n(C)c1=O.Cn1c(=O)c2[nH]cnc2n(C)c1=O.NCCN. The summed E-state index contributed by atoms with van der Waals surface area (Å²) < 4.78 is 15.1. The molecule has 4 aromatic rings.